The minimum Gasteiger partial charge on any atom is -0.465 e. The third-order valence-corrected chi connectivity index (χ3v) is 26.7. The van der Waals surface area contributed by atoms with E-state index in [1.54, 1.807) is 0 Å². The number of hydrogen-bond acceptors (Lipinski definition) is 7. The lowest BCUT2D eigenvalue weighted by molar-refractivity contribution is -0.149. The van der Waals surface area contributed by atoms with Crippen LogP contribution in [-0.2, 0) is 30.7 Å². The van der Waals surface area contributed by atoms with Crippen LogP contribution in [0.3, 0.4) is 0 Å². The maximum absolute atomic E-state index is 12.6. The van der Waals surface area contributed by atoms with Crippen LogP contribution in [0.25, 0.3) is 0 Å². The lowest BCUT2D eigenvalue weighted by atomic mass is 9.89. The number of carbonyl (C=O) groups is 1. The molecule has 212 valence electrons. The predicted octanol–water partition coefficient (Wildman–Crippen LogP) is 6.41. The minimum absolute atomic E-state index is 0.0121. The van der Waals surface area contributed by atoms with Gasteiger partial charge in [-0.2, -0.15) is 0 Å². The van der Waals surface area contributed by atoms with Crippen molar-refractivity contribution in [2.45, 2.75) is 135 Å². The van der Waals surface area contributed by atoms with Crippen LogP contribution in [0.1, 0.15) is 52.4 Å². The van der Waals surface area contributed by atoms with E-state index in [1.807, 2.05) is 0 Å². The molecule has 1 saturated carbocycles. The Kier molecular flexibility index (Phi) is 12.3. The van der Waals surface area contributed by atoms with Crippen LogP contribution in [0, 0.1) is 5.92 Å². The molecule has 5 atom stereocenters. The Morgan fingerprint density at radius 3 is 2.11 bits per heavy atom. The Bertz CT molecular complexity index is 708. The summed E-state index contributed by atoms with van der Waals surface area (Å²) in [6.45, 7) is 22.6. The largest absolute Gasteiger partial charge is 0.465 e. The second-order valence-electron chi connectivity index (χ2n) is 12.6. The highest BCUT2D eigenvalue weighted by Crippen LogP contribution is 2.39. The average Bonchev–Trinajstić information content (AvgIpc) is 3.47. The van der Waals surface area contributed by atoms with Gasteiger partial charge in [-0.25, -0.2) is 0 Å². The molecular weight excluding hydrogens is 541 g/mol. The van der Waals surface area contributed by atoms with Crippen molar-refractivity contribution in [3.05, 3.63) is 0 Å². The second kappa shape index (κ2) is 13.6. The van der Waals surface area contributed by atoms with E-state index in [0.29, 0.717) is 12.7 Å². The third-order valence-electron chi connectivity index (χ3n) is 6.95. The Morgan fingerprint density at radius 2 is 1.50 bits per heavy atom. The Hall–Kier alpha value is 0.354. The van der Waals surface area contributed by atoms with Crippen LogP contribution in [0.2, 0.25) is 70.5 Å². The van der Waals surface area contributed by atoms with Crippen molar-refractivity contribution in [2.75, 3.05) is 6.61 Å². The maximum Gasteiger partial charge on any atom is 0.317 e. The summed E-state index contributed by atoms with van der Waals surface area (Å²) >= 11 is 0. The van der Waals surface area contributed by atoms with Crippen molar-refractivity contribution in [1.82, 2.24) is 0 Å². The van der Waals surface area contributed by atoms with Crippen molar-refractivity contribution in [2.24, 2.45) is 5.92 Å². The van der Waals surface area contributed by atoms with E-state index < -0.39 is 43.0 Å². The number of esters is 1. The van der Waals surface area contributed by atoms with Crippen molar-refractivity contribution in [3.63, 3.8) is 0 Å². The first-order chi connectivity index (χ1) is 16.6. The highest BCUT2D eigenvalue weighted by molar-refractivity contribution is 6.88. The minimum atomic E-state index is -2.60. The molecule has 2 fully saturated rings. The van der Waals surface area contributed by atoms with Crippen molar-refractivity contribution in [3.8, 4) is 0 Å². The summed E-state index contributed by atoms with van der Waals surface area (Å²) in [5, 5.41) is 0. The Balaban J connectivity index is 1.97. The van der Waals surface area contributed by atoms with E-state index in [0.717, 1.165) is 56.7 Å². The van der Waals surface area contributed by atoms with Gasteiger partial charge >= 0.3 is 23.1 Å². The fourth-order valence-electron chi connectivity index (χ4n) is 5.78. The fraction of sp³-hybridized carbons (Fsp3) is 0.958. The normalized spacial score (nSPS) is 25.1. The molecule has 0 amide bonds. The Morgan fingerprint density at radius 1 is 0.861 bits per heavy atom. The van der Waals surface area contributed by atoms with Gasteiger partial charge in [-0.1, -0.05) is 26.7 Å². The standard InChI is InChI=1S/C24H54O7Si5/c1-11-17-33(4,5)28-32(3)29-36(10,31-35(8,9)30-34(6,7)18-12-2)19-13-16-26-24(25)21-14-15-22-23(20-21)27-22/h21-23,32H,11-20H2,1-10H3. The first kappa shape index (κ1) is 32.6. The topological polar surface area (TPSA) is 75.8 Å². The SMILES string of the molecule is CCC[Si](C)(C)O[SiH](C)O[Si](C)(CCCOC(=O)C1CCC2OC2C1)O[Si](C)(C)O[Si](C)(C)CCC. The summed E-state index contributed by atoms with van der Waals surface area (Å²) in [6, 6.07) is 3.03. The van der Waals surface area contributed by atoms with Gasteiger partial charge in [0.2, 0.25) is 0 Å². The number of carbonyl (C=O) groups excluding carboxylic acids is 1. The van der Waals surface area contributed by atoms with E-state index >= 15 is 0 Å². The van der Waals surface area contributed by atoms with E-state index in [4.69, 9.17) is 25.9 Å². The smallest absolute Gasteiger partial charge is 0.317 e. The monoisotopic (exact) mass is 594 g/mol. The molecule has 2 aliphatic rings. The average molecular weight is 595 g/mol. The molecule has 0 spiro atoms. The van der Waals surface area contributed by atoms with E-state index in [9.17, 15) is 4.79 Å². The molecule has 0 aromatic carbocycles. The molecule has 1 aliphatic carbocycles. The third kappa shape index (κ3) is 11.6. The molecule has 7 nitrogen and oxygen atoms in total. The molecule has 0 aromatic rings. The number of epoxide rings is 1. The number of rotatable bonds is 17. The summed E-state index contributed by atoms with van der Waals surface area (Å²) < 4.78 is 38.2. The zero-order valence-electron chi connectivity index (χ0n) is 24.7. The molecule has 0 aromatic heterocycles. The van der Waals surface area contributed by atoms with Gasteiger partial charge in [-0.05, 0) is 96.2 Å². The predicted molar refractivity (Wildman–Crippen MR) is 158 cm³/mol. The molecule has 2 rings (SSSR count). The summed E-state index contributed by atoms with van der Waals surface area (Å²) in [4.78, 5) is 12.6. The Labute approximate surface area is 226 Å². The van der Waals surface area contributed by atoms with Crippen LogP contribution in [0.4, 0.5) is 0 Å². The van der Waals surface area contributed by atoms with Crippen LogP contribution >= 0.6 is 0 Å². The van der Waals surface area contributed by atoms with Gasteiger partial charge in [0.1, 0.15) is 0 Å². The highest BCUT2D eigenvalue weighted by atomic mass is 28.5. The molecule has 1 saturated heterocycles. The zero-order chi connectivity index (χ0) is 27.2. The fourth-order valence-corrected chi connectivity index (χ4v) is 28.4. The molecule has 0 radical (unpaired) electrons. The maximum atomic E-state index is 12.6. The molecule has 1 heterocycles. The van der Waals surface area contributed by atoms with E-state index in [-0.39, 0.29) is 18.0 Å². The van der Waals surface area contributed by atoms with Gasteiger partial charge in [-0.15, -0.1) is 0 Å². The first-order valence-corrected chi connectivity index (χ1v) is 27.8. The number of fused-ring (bicyclic) bond motifs is 1. The van der Waals surface area contributed by atoms with Gasteiger partial charge in [0.25, 0.3) is 9.28 Å². The van der Waals surface area contributed by atoms with Gasteiger partial charge in [0.15, 0.2) is 16.6 Å². The van der Waals surface area contributed by atoms with E-state index in [2.05, 4.69) is 66.2 Å². The van der Waals surface area contributed by atoms with Crippen LogP contribution in [0.15, 0.2) is 0 Å². The van der Waals surface area contributed by atoms with Crippen molar-refractivity contribution >= 4 is 49.0 Å². The molecule has 5 unspecified atom stereocenters. The molecule has 12 heteroatoms. The molecule has 36 heavy (non-hydrogen) atoms. The number of ether oxygens (including phenoxy) is 2. The molecule has 1 aliphatic heterocycles. The van der Waals surface area contributed by atoms with Crippen LogP contribution in [0.5, 0.6) is 0 Å². The lowest BCUT2D eigenvalue weighted by Gasteiger charge is -2.41. The van der Waals surface area contributed by atoms with Crippen molar-refractivity contribution < 1.29 is 30.7 Å². The van der Waals surface area contributed by atoms with Gasteiger partial charge in [-0.3, -0.25) is 4.79 Å². The van der Waals surface area contributed by atoms with Gasteiger partial charge in [0, 0.05) is 0 Å². The highest BCUT2D eigenvalue weighted by Gasteiger charge is 2.47. The van der Waals surface area contributed by atoms with Crippen LogP contribution < -0.4 is 0 Å². The number of hydrogen-bond donors (Lipinski definition) is 0. The quantitative estimate of drug-likeness (QED) is 0.0834. The van der Waals surface area contributed by atoms with E-state index in [1.165, 1.54) is 0 Å². The summed E-state index contributed by atoms with van der Waals surface area (Å²) in [5.41, 5.74) is 0. The van der Waals surface area contributed by atoms with Gasteiger partial charge in [0.05, 0.1) is 24.7 Å². The summed E-state index contributed by atoms with van der Waals surface area (Å²) in [6.07, 6.45) is 6.36. The summed E-state index contributed by atoms with van der Waals surface area (Å²) in [5.74, 6) is -0.0835. The molecule has 0 bridgehead atoms. The summed E-state index contributed by atoms with van der Waals surface area (Å²) in [7, 11) is -10.4. The van der Waals surface area contributed by atoms with Gasteiger partial charge < -0.3 is 25.9 Å². The van der Waals surface area contributed by atoms with Crippen LogP contribution in [-0.4, -0.2) is 67.8 Å². The molecular formula is C24H54O7Si5. The zero-order valence-corrected chi connectivity index (χ0v) is 29.9. The van der Waals surface area contributed by atoms with Crippen molar-refractivity contribution in [1.29, 1.82) is 0 Å². The lowest BCUT2D eigenvalue weighted by Crippen LogP contribution is -2.56. The second-order valence-corrected chi connectivity index (χ2v) is 30.8. The molecule has 0 N–H and O–H groups in total. The first-order valence-electron chi connectivity index (χ1n) is 14.2.